The highest BCUT2D eigenvalue weighted by Crippen LogP contribution is 2.35. The highest BCUT2D eigenvalue weighted by molar-refractivity contribution is 6.34. The van der Waals surface area contributed by atoms with E-state index in [2.05, 4.69) is 15.2 Å². The molecular formula is C23H22Cl2N4O3. The number of carbonyl (C=O) groups is 1. The molecule has 3 aliphatic rings. The van der Waals surface area contributed by atoms with Crippen molar-refractivity contribution >= 4 is 46.8 Å². The van der Waals surface area contributed by atoms with Gasteiger partial charge in [-0.3, -0.25) is 4.90 Å². The Labute approximate surface area is 194 Å². The number of azo groups is 1. The minimum absolute atomic E-state index is 0.130. The number of amides is 1. The maximum atomic E-state index is 11.9. The number of nitrogens with one attached hydrogen (secondary N) is 1. The summed E-state index contributed by atoms with van der Waals surface area (Å²) in [5, 5.41) is 21.3. The maximum Gasteiger partial charge on any atom is 0.412 e. The Balaban J connectivity index is 1.43. The molecule has 0 radical (unpaired) electrons. The second kappa shape index (κ2) is 8.64. The number of hydrogen-bond donors (Lipinski definition) is 2. The quantitative estimate of drug-likeness (QED) is 0.672. The summed E-state index contributed by atoms with van der Waals surface area (Å²) < 4.78 is 6.12. The molecule has 32 heavy (non-hydrogen) atoms. The summed E-state index contributed by atoms with van der Waals surface area (Å²) in [6.07, 6.45) is 6.18. The van der Waals surface area contributed by atoms with Crippen LogP contribution in [0.15, 0.2) is 45.6 Å². The third-order valence-electron chi connectivity index (χ3n) is 6.18. The molecule has 0 spiro atoms. The highest BCUT2D eigenvalue weighted by Gasteiger charge is 2.30. The predicted octanol–water partition coefficient (Wildman–Crippen LogP) is 4.78. The summed E-state index contributed by atoms with van der Waals surface area (Å²) in [4.78, 5) is 16.6. The van der Waals surface area contributed by atoms with Gasteiger partial charge in [0.2, 0.25) is 0 Å². The van der Waals surface area contributed by atoms with Crippen LogP contribution in [0, 0.1) is 5.92 Å². The minimum Gasteiger partial charge on any atom is -0.490 e. The van der Waals surface area contributed by atoms with E-state index in [9.17, 15) is 9.90 Å². The summed E-state index contributed by atoms with van der Waals surface area (Å²) in [5.74, 6) is 1.01. The lowest BCUT2D eigenvalue weighted by Crippen LogP contribution is -2.33. The summed E-state index contributed by atoms with van der Waals surface area (Å²) in [6.45, 7) is 0.535. The molecule has 0 bridgehead atoms. The Morgan fingerprint density at radius 3 is 2.78 bits per heavy atom. The Hall–Kier alpha value is -2.77. The summed E-state index contributed by atoms with van der Waals surface area (Å²) in [6, 6.07) is 7.47. The van der Waals surface area contributed by atoms with Crippen molar-refractivity contribution < 1.29 is 14.6 Å². The zero-order valence-corrected chi connectivity index (χ0v) is 18.7. The van der Waals surface area contributed by atoms with Gasteiger partial charge in [-0.2, -0.15) is 10.2 Å². The number of allylic oxidation sites excluding steroid dienone is 1. The molecule has 2 aliphatic heterocycles. The first-order valence-corrected chi connectivity index (χ1v) is 11.4. The van der Waals surface area contributed by atoms with E-state index in [0.29, 0.717) is 27.6 Å². The van der Waals surface area contributed by atoms with Crippen molar-refractivity contribution in [2.24, 2.45) is 16.1 Å². The van der Waals surface area contributed by atoms with E-state index in [1.54, 1.807) is 12.2 Å². The molecule has 1 amide bonds. The number of aromatic amines is 1. The van der Waals surface area contributed by atoms with Gasteiger partial charge in [0.1, 0.15) is 5.75 Å². The van der Waals surface area contributed by atoms with E-state index < -0.39 is 6.09 Å². The van der Waals surface area contributed by atoms with Crippen LogP contribution in [0.25, 0.3) is 11.8 Å². The van der Waals surface area contributed by atoms with Gasteiger partial charge in [0.05, 0.1) is 34.7 Å². The van der Waals surface area contributed by atoms with E-state index >= 15 is 0 Å². The third-order valence-corrected chi connectivity index (χ3v) is 6.68. The molecule has 1 fully saturated rings. The Morgan fingerprint density at radius 2 is 2.03 bits per heavy atom. The molecular weight excluding hydrogens is 451 g/mol. The smallest absolute Gasteiger partial charge is 0.412 e. The number of carboxylic acid groups (broad SMARTS) is 1. The van der Waals surface area contributed by atoms with Crippen molar-refractivity contribution in [3.8, 4) is 5.75 Å². The van der Waals surface area contributed by atoms with Crippen molar-refractivity contribution in [1.82, 2.24) is 4.98 Å². The van der Waals surface area contributed by atoms with Crippen molar-refractivity contribution in [3.05, 3.63) is 56.7 Å². The molecule has 0 atom stereocenters. The molecule has 1 aromatic carbocycles. The van der Waals surface area contributed by atoms with Crippen LogP contribution in [-0.4, -0.2) is 28.8 Å². The molecule has 0 unspecified atom stereocenters. The number of benzene rings is 1. The van der Waals surface area contributed by atoms with E-state index in [1.807, 2.05) is 24.3 Å². The van der Waals surface area contributed by atoms with Crippen LogP contribution >= 0.6 is 23.2 Å². The average molecular weight is 473 g/mol. The molecule has 9 heteroatoms. The standard InChI is InChI=1S/C23H22Cl2N4O3/c24-14-2-1-3-17(10-14)32-16-6-4-13(5-7-16)20-21-18(12-26-28-20)22-19(27-21)11-15(25)8-9-29(22)23(30)31/h1-3,8,10-11,13,16,27H,4-7,9,12H2,(H,30,31)/t13-,16-. The van der Waals surface area contributed by atoms with Gasteiger partial charge in [-0.05, 0) is 56.0 Å². The lowest BCUT2D eigenvalue weighted by Gasteiger charge is -2.29. The van der Waals surface area contributed by atoms with Gasteiger partial charge in [-0.15, -0.1) is 0 Å². The number of fused-ring (bicyclic) bond motifs is 3. The van der Waals surface area contributed by atoms with Crippen molar-refractivity contribution in [1.29, 1.82) is 0 Å². The molecule has 5 rings (SSSR count). The minimum atomic E-state index is -1.02. The fraction of sp³-hybridized carbons (Fsp3) is 0.348. The monoisotopic (exact) mass is 472 g/mol. The first-order chi connectivity index (χ1) is 15.5. The average Bonchev–Trinajstić information content (AvgIpc) is 3.03. The van der Waals surface area contributed by atoms with Crippen LogP contribution in [0.2, 0.25) is 5.02 Å². The van der Waals surface area contributed by atoms with Crippen molar-refractivity contribution in [2.45, 2.75) is 38.3 Å². The van der Waals surface area contributed by atoms with Gasteiger partial charge in [0.25, 0.3) is 0 Å². The summed E-state index contributed by atoms with van der Waals surface area (Å²) in [5.41, 5.74) is 2.37. The Bertz CT molecular complexity index is 1240. The fourth-order valence-corrected chi connectivity index (χ4v) is 5.04. The number of nitrogens with zero attached hydrogens (tertiary/aromatic N) is 3. The van der Waals surface area contributed by atoms with E-state index in [4.69, 9.17) is 27.9 Å². The van der Waals surface area contributed by atoms with Gasteiger partial charge in [0.15, 0.2) is 0 Å². The number of rotatable bonds is 3. The van der Waals surface area contributed by atoms with Gasteiger partial charge in [-0.1, -0.05) is 29.3 Å². The van der Waals surface area contributed by atoms with Crippen LogP contribution in [-0.2, 0) is 6.54 Å². The number of ether oxygens (including phenoxy) is 1. The van der Waals surface area contributed by atoms with Crippen molar-refractivity contribution in [3.63, 3.8) is 0 Å². The molecule has 2 N–H and O–H groups in total. The first-order valence-electron chi connectivity index (χ1n) is 10.6. The lowest BCUT2D eigenvalue weighted by atomic mass is 9.84. The van der Waals surface area contributed by atoms with Gasteiger partial charge < -0.3 is 14.8 Å². The molecule has 3 heterocycles. The molecule has 1 aliphatic carbocycles. The number of anilines is 1. The van der Waals surface area contributed by atoms with Crippen LogP contribution < -0.4 is 20.3 Å². The Morgan fingerprint density at radius 1 is 1.22 bits per heavy atom. The van der Waals surface area contributed by atoms with E-state index in [1.165, 1.54) is 4.90 Å². The van der Waals surface area contributed by atoms with Gasteiger partial charge in [0, 0.05) is 28.1 Å². The van der Waals surface area contributed by atoms with E-state index in [-0.39, 0.29) is 18.6 Å². The second-order valence-electron chi connectivity index (χ2n) is 8.20. The zero-order valence-electron chi connectivity index (χ0n) is 17.2. The fourth-order valence-electron chi connectivity index (χ4n) is 4.68. The topological polar surface area (TPSA) is 90.3 Å². The third kappa shape index (κ3) is 4.02. The lowest BCUT2D eigenvalue weighted by molar-refractivity contribution is 0.142. The Kier molecular flexibility index (Phi) is 5.69. The molecule has 1 aromatic heterocycles. The molecule has 1 saturated carbocycles. The normalized spacial score (nSPS) is 22.4. The molecule has 166 valence electrons. The predicted molar refractivity (Wildman–Crippen MR) is 124 cm³/mol. The second-order valence-corrected chi connectivity index (χ2v) is 9.07. The zero-order chi connectivity index (χ0) is 22.2. The largest absolute Gasteiger partial charge is 0.490 e. The molecule has 0 saturated heterocycles. The SMILES string of the molecule is O=C(O)N1CC=C(Cl)C=c2[nH]c3c(c21)CN=NC=3[C@H]1CC[C@H](Oc2cccc(Cl)c2)CC1. The number of halogens is 2. The van der Waals surface area contributed by atoms with E-state index in [0.717, 1.165) is 48.0 Å². The number of H-pyrrole nitrogens is 1. The molecule has 7 nitrogen and oxygen atoms in total. The van der Waals surface area contributed by atoms with Crippen LogP contribution in [0.5, 0.6) is 5.75 Å². The number of hydrogen-bond acceptors (Lipinski definition) is 4. The van der Waals surface area contributed by atoms with Gasteiger partial charge in [-0.25, -0.2) is 4.79 Å². The first kappa shape index (κ1) is 21.1. The van der Waals surface area contributed by atoms with Crippen LogP contribution in [0.1, 0.15) is 31.2 Å². The summed E-state index contributed by atoms with van der Waals surface area (Å²) >= 11 is 12.3. The van der Waals surface area contributed by atoms with Gasteiger partial charge >= 0.3 is 6.09 Å². The summed E-state index contributed by atoms with van der Waals surface area (Å²) in [7, 11) is 0. The highest BCUT2D eigenvalue weighted by atomic mass is 35.5. The van der Waals surface area contributed by atoms with Crippen LogP contribution in [0.4, 0.5) is 10.5 Å². The van der Waals surface area contributed by atoms with Crippen LogP contribution in [0.3, 0.4) is 0 Å². The van der Waals surface area contributed by atoms with Crippen molar-refractivity contribution in [2.75, 3.05) is 11.4 Å². The number of aromatic nitrogens is 1. The molecule has 2 aromatic rings. The maximum absolute atomic E-state index is 11.9.